The molecule has 0 amide bonds. The lowest BCUT2D eigenvalue weighted by atomic mass is 10.5. The third-order valence-electron chi connectivity index (χ3n) is 1.06. The molecular weight excluding hydrogens is 88.1 g/mol. The molecule has 0 spiro atoms. The monoisotopic (exact) mass is 96.1 g/mol. The van der Waals surface area contributed by atoms with E-state index in [9.17, 15) is 0 Å². The van der Waals surface area contributed by atoms with Crippen molar-refractivity contribution in [1.82, 2.24) is 9.89 Å². The Kier molecular flexibility index (Phi) is 0.855. The lowest BCUT2D eigenvalue weighted by Gasteiger charge is -1.94. The fraction of sp³-hybridized carbons (Fsp3) is 0.400. The summed E-state index contributed by atoms with van der Waals surface area (Å²) in [7, 11) is 1.97. The fourth-order valence-corrected chi connectivity index (χ4v) is 0.423. The van der Waals surface area contributed by atoms with Gasteiger partial charge in [-0.25, -0.2) is 4.90 Å². The molecule has 1 heterocycles. The lowest BCUT2D eigenvalue weighted by molar-refractivity contribution is 0.661. The molecule has 1 radical (unpaired) electrons. The molecule has 2 heteroatoms. The van der Waals surface area contributed by atoms with E-state index in [1.807, 2.05) is 25.1 Å². The molecule has 0 N–H and O–H groups in total. The second-order valence-corrected chi connectivity index (χ2v) is 1.65. The fourth-order valence-electron chi connectivity index (χ4n) is 0.423. The zero-order chi connectivity index (χ0) is 5.28. The number of nitrogens with zero attached hydrogens (tertiary/aromatic N) is 2. The Morgan fingerprint density at radius 3 is 2.57 bits per heavy atom. The van der Waals surface area contributed by atoms with E-state index in [1.54, 1.807) is 6.34 Å². The molecular formula is C5H8N2+. The van der Waals surface area contributed by atoms with Crippen LogP contribution in [0, 0.1) is 0 Å². The Morgan fingerprint density at radius 2 is 2.43 bits per heavy atom. The molecule has 37 valence electrons. The lowest BCUT2D eigenvalue weighted by Crippen LogP contribution is -2.08. The zero-order valence-electron chi connectivity index (χ0n) is 4.55. The van der Waals surface area contributed by atoms with Gasteiger partial charge in [0.15, 0.2) is 6.20 Å². The first-order valence-corrected chi connectivity index (χ1v) is 2.23. The summed E-state index contributed by atoms with van der Waals surface area (Å²) in [5, 5.41) is 0. The van der Waals surface area contributed by atoms with Crippen LogP contribution in [0.4, 0.5) is 0 Å². The van der Waals surface area contributed by atoms with E-state index in [4.69, 9.17) is 0 Å². The van der Waals surface area contributed by atoms with Crippen molar-refractivity contribution < 1.29 is 0 Å². The maximum Gasteiger partial charge on any atom is 0.286 e. The third-order valence-corrected chi connectivity index (χ3v) is 1.06. The van der Waals surface area contributed by atoms with Crippen LogP contribution in [0.15, 0.2) is 11.9 Å². The summed E-state index contributed by atoms with van der Waals surface area (Å²) in [4.78, 5) is 5.86. The summed E-state index contributed by atoms with van der Waals surface area (Å²) < 4.78 is 0. The Hall–Kier alpha value is -0.790. The predicted octanol–water partition coefficient (Wildman–Crippen LogP) is 0.157. The van der Waals surface area contributed by atoms with E-state index in [0.717, 1.165) is 0 Å². The van der Waals surface area contributed by atoms with E-state index >= 15 is 0 Å². The van der Waals surface area contributed by atoms with Crippen molar-refractivity contribution in [3.63, 3.8) is 0 Å². The number of hydrogen-bond acceptors (Lipinski definition) is 2. The van der Waals surface area contributed by atoms with Crippen molar-refractivity contribution in [1.29, 1.82) is 0 Å². The van der Waals surface area contributed by atoms with Crippen molar-refractivity contribution in [3.8, 4) is 0 Å². The highest BCUT2D eigenvalue weighted by Gasteiger charge is 2.08. The summed E-state index contributed by atoms with van der Waals surface area (Å²) in [6.07, 6.45) is 3.62. The SMILES string of the molecule is CC1=C[N+]=CN1C. The van der Waals surface area contributed by atoms with Gasteiger partial charge in [-0.1, -0.05) is 4.99 Å². The first-order valence-electron chi connectivity index (χ1n) is 2.23. The molecule has 7 heavy (non-hydrogen) atoms. The van der Waals surface area contributed by atoms with Gasteiger partial charge in [-0.15, -0.1) is 0 Å². The molecule has 0 saturated heterocycles. The van der Waals surface area contributed by atoms with Crippen molar-refractivity contribution in [2.45, 2.75) is 6.92 Å². The largest absolute Gasteiger partial charge is 0.286 e. The molecule has 2 nitrogen and oxygen atoms in total. The predicted molar refractivity (Wildman–Crippen MR) is 29.7 cm³/mol. The molecule has 0 saturated carbocycles. The van der Waals surface area contributed by atoms with Gasteiger partial charge in [-0.2, -0.15) is 0 Å². The van der Waals surface area contributed by atoms with Crippen LogP contribution < -0.4 is 4.99 Å². The second-order valence-electron chi connectivity index (χ2n) is 1.65. The van der Waals surface area contributed by atoms with Gasteiger partial charge in [0.25, 0.3) is 6.34 Å². The summed E-state index contributed by atoms with van der Waals surface area (Å²) in [5.41, 5.74) is 1.19. The van der Waals surface area contributed by atoms with E-state index in [0.29, 0.717) is 0 Å². The van der Waals surface area contributed by atoms with Gasteiger partial charge in [-0.3, -0.25) is 0 Å². The van der Waals surface area contributed by atoms with Crippen molar-refractivity contribution in [2.75, 3.05) is 7.05 Å². The van der Waals surface area contributed by atoms with Crippen LogP contribution in [0.1, 0.15) is 6.92 Å². The van der Waals surface area contributed by atoms with Gasteiger partial charge in [-0.05, 0) is 0 Å². The summed E-state index contributed by atoms with van der Waals surface area (Å²) >= 11 is 0. The Labute approximate surface area is 43.2 Å². The summed E-state index contributed by atoms with van der Waals surface area (Å²) in [6, 6.07) is 0. The van der Waals surface area contributed by atoms with Crippen LogP contribution in [0.25, 0.3) is 0 Å². The summed E-state index contributed by atoms with van der Waals surface area (Å²) in [6.45, 7) is 2.02. The molecule has 1 aliphatic rings. The maximum atomic E-state index is 3.88. The van der Waals surface area contributed by atoms with E-state index in [1.165, 1.54) is 5.70 Å². The average Bonchev–Trinajstić information content (AvgIpc) is 1.91. The van der Waals surface area contributed by atoms with Crippen LogP contribution in [0.2, 0.25) is 0 Å². The zero-order valence-corrected chi connectivity index (χ0v) is 4.55. The Morgan fingerprint density at radius 1 is 1.71 bits per heavy atom. The number of rotatable bonds is 0. The minimum absolute atomic E-state index is 1.19. The van der Waals surface area contributed by atoms with E-state index < -0.39 is 0 Å². The van der Waals surface area contributed by atoms with Crippen LogP contribution in [0.3, 0.4) is 0 Å². The molecule has 0 aliphatic carbocycles. The minimum Gasteiger partial charge on any atom is -0.234 e. The highest BCUT2D eigenvalue weighted by molar-refractivity contribution is 5.59. The standard InChI is InChI=1S/C5H8N2/c1-5-3-6-4-7(5)2/h3-4H,1-2H3/q+1. The van der Waals surface area contributed by atoms with Crippen molar-refractivity contribution >= 4 is 6.34 Å². The molecule has 0 unspecified atom stereocenters. The van der Waals surface area contributed by atoms with Gasteiger partial charge in [0.2, 0.25) is 0 Å². The smallest absolute Gasteiger partial charge is 0.234 e. The molecule has 0 bridgehead atoms. The number of hydrogen-bond donors (Lipinski definition) is 0. The maximum absolute atomic E-state index is 3.88. The number of allylic oxidation sites excluding steroid dienone is 1. The molecule has 0 atom stereocenters. The van der Waals surface area contributed by atoms with Gasteiger partial charge < -0.3 is 0 Å². The van der Waals surface area contributed by atoms with E-state index in [-0.39, 0.29) is 0 Å². The van der Waals surface area contributed by atoms with Gasteiger partial charge in [0.05, 0.1) is 7.05 Å². The second kappa shape index (κ2) is 1.37. The van der Waals surface area contributed by atoms with Crippen LogP contribution >= 0.6 is 0 Å². The molecule has 1 rings (SSSR count). The van der Waals surface area contributed by atoms with Gasteiger partial charge >= 0.3 is 0 Å². The molecule has 1 aliphatic heterocycles. The quantitative estimate of drug-likeness (QED) is 0.420. The minimum atomic E-state index is 1.19. The Bertz CT molecular complexity index is 124. The molecule has 0 fully saturated rings. The van der Waals surface area contributed by atoms with Crippen LogP contribution in [-0.4, -0.2) is 18.3 Å². The van der Waals surface area contributed by atoms with Gasteiger partial charge in [0.1, 0.15) is 5.70 Å². The number of aliphatic imine (C=N–C) groups is 1. The summed E-state index contributed by atoms with van der Waals surface area (Å²) in [5.74, 6) is 0. The normalized spacial score (nSPS) is 18.0. The molecule has 0 aromatic carbocycles. The highest BCUT2D eigenvalue weighted by atomic mass is 15.2. The molecule has 0 aromatic heterocycles. The van der Waals surface area contributed by atoms with Crippen molar-refractivity contribution in [3.05, 3.63) is 11.9 Å². The van der Waals surface area contributed by atoms with Crippen LogP contribution in [0.5, 0.6) is 0 Å². The topological polar surface area (TPSA) is 17.3 Å². The first-order chi connectivity index (χ1) is 3.30. The average molecular weight is 96.1 g/mol. The first kappa shape index (κ1) is 4.37. The highest BCUT2D eigenvalue weighted by Crippen LogP contribution is 1.96. The third kappa shape index (κ3) is 0.633. The van der Waals surface area contributed by atoms with Crippen molar-refractivity contribution in [2.24, 2.45) is 0 Å². The van der Waals surface area contributed by atoms with Crippen LogP contribution in [-0.2, 0) is 0 Å². The van der Waals surface area contributed by atoms with Gasteiger partial charge in [0, 0.05) is 6.92 Å². The van der Waals surface area contributed by atoms with E-state index in [2.05, 4.69) is 4.99 Å². The molecule has 0 aromatic rings. The Balaban J connectivity index is 2.69.